The topological polar surface area (TPSA) is 84.3 Å². The molecule has 0 spiro atoms. The number of hydrogen-bond donors (Lipinski definition) is 0. The number of rotatable bonds is 3. The van der Waals surface area contributed by atoms with Gasteiger partial charge >= 0.3 is 6.16 Å². The van der Waals surface area contributed by atoms with Crippen molar-refractivity contribution in [3.63, 3.8) is 0 Å². The summed E-state index contributed by atoms with van der Waals surface area (Å²) in [5, 5.41) is 3.13. The Balaban J connectivity index is 3.19. The van der Waals surface area contributed by atoms with E-state index in [0.717, 1.165) is 0 Å². The summed E-state index contributed by atoms with van der Waals surface area (Å²) in [6, 6.07) is 0. The molecule has 56 valence electrons. The molecule has 0 saturated carbocycles. The molecule has 0 heterocycles. The van der Waals surface area contributed by atoms with E-state index in [2.05, 4.69) is 19.5 Å². The van der Waals surface area contributed by atoms with Gasteiger partial charge in [0.05, 0.1) is 13.7 Å². The first-order valence-electron chi connectivity index (χ1n) is 2.53. The van der Waals surface area contributed by atoms with Crippen molar-refractivity contribution >= 4 is 6.16 Å². The lowest BCUT2D eigenvalue weighted by Gasteiger charge is -1.97. The number of azide groups is 1. The first-order chi connectivity index (χ1) is 4.81. The van der Waals surface area contributed by atoms with Crippen LogP contribution in [0.2, 0.25) is 0 Å². The highest BCUT2D eigenvalue weighted by molar-refractivity contribution is 5.59. The third-order valence-corrected chi connectivity index (χ3v) is 0.641. The Morgan fingerprint density at radius 3 is 3.00 bits per heavy atom. The van der Waals surface area contributed by atoms with E-state index in [9.17, 15) is 4.79 Å². The van der Waals surface area contributed by atoms with E-state index < -0.39 is 6.16 Å². The van der Waals surface area contributed by atoms with Crippen molar-refractivity contribution in [2.45, 2.75) is 0 Å². The summed E-state index contributed by atoms with van der Waals surface area (Å²) in [5.74, 6) is 0. The van der Waals surface area contributed by atoms with Gasteiger partial charge in [0.25, 0.3) is 0 Å². The maximum Gasteiger partial charge on any atom is 0.507 e. The number of hydrogen-bond acceptors (Lipinski definition) is 4. The second-order valence-electron chi connectivity index (χ2n) is 1.26. The average Bonchev–Trinajstić information content (AvgIpc) is 1.98. The molecular formula is C4H7N3O3. The van der Waals surface area contributed by atoms with E-state index in [1.54, 1.807) is 0 Å². The largest absolute Gasteiger partial charge is 0.507 e. The number of carbonyl (C=O) groups excluding carboxylic acids is 1. The van der Waals surface area contributed by atoms with Crippen molar-refractivity contribution in [2.24, 2.45) is 5.11 Å². The second-order valence-corrected chi connectivity index (χ2v) is 1.26. The minimum atomic E-state index is -0.770. The van der Waals surface area contributed by atoms with Crippen molar-refractivity contribution in [1.82, 2.24) is 0 Å². The van der Waals surface area contributed by atoms with E-state index in [1.165, 1.54) is 7.11 Å². The minimum absolute atomic E-state index is 0.0523. The highest BCUT2D eigenvalue weighted by atomic mass is 16.7. The van der Waals surface area contributed by atoms with Crippen molar-refractivity contribution in [3.8, 4) is 0 Å². The SMILES string of the molecule is COC(=O)OCCN=[N+]=[N-]. The van der Waals surface area contributed by atoms with Gasteiger partial charge in [-0.05, 0) is 5.53 Å². The van der Waals surface area contributed by atoms with Crippen LogP contribution in [0.15, 0.2) is 5.11 Å². The summed E-state index contributed by atoms with van der Waals surface area (Å²) in [6.45, 7) is 0.183. The van der Waals surface area contributed by atoms with Gasteiger partial charge in [0.15, 0.2) is 0 Å². The van der Waals surface area contributed by atoms with Gasteiger partial charge in [-0.1, -0.05) is 5.11 Å². The van der Waals surface area contributed by atoms with Crippen LogP contribution < -0.4 is 0 Å². The van der Waals surface area contributed by atoms with E-state index in [1.807, 2.05) is 0 Å². The normalized spacial score (nSPS) is 7.70. The zero-order chi connectivity index (χ0) is 7.82. The number of carbonyl (C=O) groups is 1. The maximum atomic E-state index is 10.2. The number of ether oxygens (including phenoxy) is 2. The summed E-state index contributed by atoms with van der Waals surface area (Å²) in [5.41, 5.74) is 7.78. The fourth-order valence-corrected chi connectivity index (χ4v) is 0.273. The molecule has 0 saturated heterocycles. The van der Waals surface area contributed by atoms with E-state index in [-0.39, 0.29) is 13.2 Å². The molecular weight excluding hydrogens is 138 g/mol. The highest BCUT2D eigenvalue weighted by Crippen LogP contribution is 1.81. The van der Waals surface area contributed by atoms with Crippen LogP contribution in [0.25, 0.3) is 10.4 Å². The molecule has 0 N–H and O–H groups in total. The highest BCUT2D eigenvalue weighted by Gasteiger charge is 1.96. The average molecular weight is 145 g/mol. The van der Waals surface area contributed by atoms with Crippen LogP contribution in [0.5, 0.6) is 0 Å². The van der Waals surface area contributed by atoms with Crippen molar-refractivity contribution in [2.75, 3.05) is 20.3 Å². The first kappa shape index (κ1) is 8.58. The molecule has 0 amide bonds. The molecule has 0 bridgehead atoms. The van der Waals surface area contributed by atoms with Gasteiger partial charge in [-0.3, -0.25) is 0 Å². The van der Waals surface area contributed by atoms with Crippen molar-refractivity contribution in [1.29, 1.82) is 0 Å². The van der Waals surface area contributed by atoms with Crippen LogP contribution in [0.4, 0.5) is 4.79 Å². The van der Waals surface area contributed by atoms with Gasteiger partial charge in [-0.2, -0.15) is 0 Å². The Kier molecular flexibility index (Phi) is 4.90. The molecule has 0 rings (SSSR count). The summed E-state index contributed by atoms with van der Waals surface area (Å²) >= 11 is 0. The van der Waals surface area contributed by atoms with E-state index >= 15 is 0 Å². The molecule has 0 aliphatic rings. The molecule has 6 heteroatoms. The standard InChI is InChI=1S/C4H7N3O3/c1-9-4(8)10-3-2-6-7-5/h2-3H2,1H3. The smallest absolute Gasteiger partial charge is 0.438 e. The lowest BCUT2D eigenvalue weighted by Crippen LogP contribution is -2.06. The van der Waals surface area contributed by atoms with Gasteiger partial charge < -0.3 is 9.47 Å². The molecule has 6 nitrogen and oxygen atoms in total. The van der Waals surface area contributed by atoms with Gasteiger partial charge in [-0.25, -0.2) is 4.79 Å². The van der Waals surface area contributed by atoms with Crippen LogP contribution in [0, 0.1) is 0 Å². The first-order valence-corrected chi connectivity index (χ1v) is 2.53. The Morgan fingerprint density at radius 1 is 1.80 bits per heavy atom. The minimum Gasteiger partial charge on any atom is -0.438 e. The molecule has 0 atom stereocenters. The van der Waals surface area contributed by atoms with Gasteiger partial charge in [-0.15, -0.1) is 0 Å². The van der Waals surface area contributed by atoms with Crippen LogP contribution in [0.3, 0.4) is 0 Å². The molecule has 0 aliphatic heterocycles. The van der Waals surface area contributed by atoms with Crippen molar-refractivity contribution < 1.29 is 14.3 Å². The third kappa shape index (κ3) is 4.73. The van der Waals surface area contributed by atoms with Crippen LogP contribution in [-0.4, -0.2) is 26.4 Å². The monoisotopic (exact) mass is 145 g/mol. The van der Waals surface area contributed by atoms with E-state index in [4.69, 9.17) is 5.53 Å². The van der Waals surface area contributed by atoms with Gasteiger partial charge in [0.2, 0.25) is 0 Å². The summed E-state index contributed by atoms with van der Waals surface area (Å²) in [6.07, 6.45) is -0.770. The predicted molar refractivity (Wildman–Crippen MR) is 32.4 cm³/mol. The Labute approximate surface area is 57.4 Å². The fraction of sp³-hybridized carbons (Fsp3) is 0.750. The molecule has 0 aromatic heterocycles. The van der Waals surface area contributed by atoms with Crippen LogP contribution in [0.1, 0.15) is 0 Å². The molecule has 0 aromatic rings. The second kappa shape index (κ2) is 5.71. The fourth-order valence-electron chi connectivity index (χ4n) is 0.273. The van der Waals surface area contributed by atoms with Crippen LogP contribution in [-0.2, 0) is 9.47 Å². The molecule has 0 unspecified atom stereocenters. The lowest BCUT2D eigenvalue weighted by atomic mass is 10.7. The number of methoxy groups -OCH3 is 1. The lowest BCUT2D eigenvalue weighted by molar-refractivity contribution is 0.0752. The summed E-state index contributed by atoms with van der Waals surface area (Å²) < 4.78 is 8.50. The molecule has 0 aromatic carbocycles. The zero-order valence-electron chi connectivity index (χ0n) is 5.48. The molecule has 10 heavy (non-hydrogen) atoms. The summed E-state index contributed by atoms with van der Waals surface area (Å²) in [4.78, 5) is 12.6. The maximum absolute atomic E-state index is 10.2. The van der Waals surface area contributed by atoms with E-state index in [0.29, 0.717) is 0 Å². The Hall–Kier alpha value is -1.42. The number of nitrogens with zero attached hydrogens (tertiary/aromatic N) is 3. The predicted octanol–water partition coefficient (Wildman–Crippen LogP) is 1.08. The quantitative estimate of drug-likeness (QED) is 0.196. The Bertz CT molecular complexity index is 152. The molecule has 0 aliphatic carbocycles. The molecule has 0 radical (unpaired) electrons. The van der Waals surface area contributed by atoms with Gasteiger partial charge in [0, 0.05) is 4.91 Å². The van der Waals surface area contributed by atoms with Gasteiger partial charge in [0.1, 0.15) is 6.61 Å². The summed E-state index contributed by atoms with van der Waals surface area (Å²) in [7, 11) is 1.20. The molecule has 0 fully saturated rings. The van der Waals surface area contributed by atoms with Crippen LogP contribution >= 0.6 is 0 Å². The zero-order valence-corrected chi connectivity index (χ0v) is 5.48. The van der Waals surface area contributed by atoms with Crippen molar-refractivity contribution in [3.05, 3.63) is 10.4 Å². The Morgan fingerprint density at radius 2 is 2.50 bits per heavy atom. The third-order valence-electron chi connectivity index (χ3n) is 0.641.